The molecule has 3 aliphatic rings. The standard InChI is InChI=1S/C25H36O3/c1-15(2)7-6-8-16(3)19-9-10-25(5)13-20-17(4)11-21(27)23(20)18(14-26)12-22(28)24(19)25/h7,11-12,14,16,19-20,22-24,28H,6,8-10,13H2,1-5H3/b18-12-/t16-,19+,20+,22-,23-,24+,25+/m0/s1. The number of hydrogen-bond acceptors (Lipinski definition) is 3. The van der Waals surface area contributed by atoms with Gasteiger partial charge in [0.05, 0.1) is 12.0 Å². The molecule has 0 amide bonds. The molecule has 0 radical (unpaired) electrons. The predicted molar refractivity (Wildman–Crippen MR) is 113 cm³/mol. The van der Waals surface area contributed by atoms with Crippen molar-refractivity contribution < 1.29 is 14.7 Å². The average molecular weight is 385 g/mol. The average Bonchev–Trinajstić information content (AvgIpc) is 3.08. The van der Waals surface area contributed by atoms with E-state index in [9.17, 15) is 14.7 Å². The minimum atomic E-state index is -0.654. The highest BCUT2D eigenvalue weighted by Gasteiger charge is 2.53. The van der Waals surface area contributed by atoms with Gasteiger partial charge in [0.2, 0.25) is 0 Å². The third-order valence-electron chi connectivity index (χ3n) is 7.80. The fourth-order valence-corrected chi connectivity index (χ4v) is 6.33. The molecule has 154 valence electrons. The van der Waals surface area contributed by atoms with Gasteiger partial charge in [-0.15, -0.1) is 0 Å². The van der Waals surface area contributed by atoms with Crippen LogP contribution in [-0.2, 0) is 9.59 Å². The van der Waals surface area contributed by atoms with Crippen molar-refractivity contribution in [2.24, 2.45) is 35.0 Å². The number of aliphatic hydroxyl groups excluding tert-OH is 1. The maximum atomic E-state index is 12.5. The Morgan fingerprint density at radius 2 is 2.11 bits per heavy atom. The Bertz CT molecular complexity index is 724. The Hall–Kier alpha value is -1.48. The predicted octanol–water partition coefficient (Wildman–Crippen LogP) is 5.05. The summed E-state index contributed by atoms with van der Waals surface area (Å²) in [5, 5.41) is 11.2. The van der Waals surface area contributed by atoms with Crippen LogP contribution in [0.3, 0.4) is 0 Å². The molecule has 1 N–H and O–H groups in total. The van der Waals surface area contributed by atoms with Crippen molar-refractivity contribution in [3.05, 3.63) is 34.9 Å². The van der Waals surface area contributed by atoms with Gasteiger partial charge < -0.3 is 5.11 Å². The number of aldehydes is 1. The zero-order chi connectivity index (χ0) is 20.6. The first-order chi connectivity index (χ1) is 13.2. The Kier molecular flexibility index (Phi) is 6.14. The summed E-state index contributed by atoms with van der Waals surface area (Å²) in [6, 6.07) is 0. The van der Waals surface area contributed by atoms with Gasteiger partial charge in [-0.05, 0) is 94.1 Å². The van der Waals surface area contributed by atoms with E-state index in [1.54, 1.807) is 12.2 Å². The van der Waals surface area contributed by atoms with Crippen LogP contribution < -0.4 is 0 Å². The van der Waals surface area contributed by atoms with Crippen molar-refractivity contribution >= 4 is 12.1 Å². The van der Waals surface area contributed by atoms with Gasteiger partial charge in [-0.25, -0.2) is 0 Å². The fraction of sp³-hybridized carbons (Fsp3) is 0.680. The van der Waals surface area contributed by atoms with E-state index in [2.05, 4.69) is 33.8 Å². The number of aliphatic hydroxyl groups is 1. The number of rotatable bonds is 5. The Balaban J connectivity index is 1.91. The molecular weight excluding hydrogens is 348 g/mol. The SMILES string of the molecule is CC(C)=CCC[C@H](C)[C@H]1CC[C@]2(C)C[C@@H]3C(C)=CC(=O)[C@H]3/C(C=O)=C\[C@H](O)[C@@H]12. The maximum absolute atomic E-state index is 12.5. The lowest BCUT2D eigenvalue weighted by Crippen LogP contribution is -2.41. The summed E-state index contributed by atoms with van der Waals surface area (Å²) < 4.78 is 0. The van der Waals surface area contributed by atoms with Gasteiger partial charge >= 0.3 is 0 Å². The molecule has 0 aromatic rings. The summed E-state index contributed by atoms with van der Waals surface area (Å²) in [5.41, 5.74) is 2.94. The van der Waals surface area contributed by atoms with E-state index in [0.29, 0.717) is 17.4 Å². The third kappa shape index (κ3) is 3.83. The van der Waals surface area contributed by atoms with Gasteiger partial charge in [-0.1, -0.05) is 31.1 Å². The smallest absolute Gasteiger partial charge is 0.163 e. The number of hydrogen-bond donors (Lipinski definition) is 1. The molecular formula is C25H36O3. The Morgan fingerprint density at radius 3 is 2.75 bits per heavy atom. The summed E-state index contributed by atoms with van der Waals surface area (Å²) >= 11 is 0. The molecule has 28 heavy (non-hydrogen) atoms. The molecule has 0 heterocycles. The van der Waals surface area contributed by atoms with Crippen LogP contribution in [0.2, 0.25) is 0 Å². The first kappa shape index (κ1) is 21.2. The molecule has 0 aliphatic heterocycles. The first-order valence-electron chi connectivity index (χ1n) is 10.9. The second-order valence-corrected chi connectivity index (χ2v) is 10.1. The molecule has 3 aliphatic carbocycles. The minimum Gasteiger partial charge on any atom is -0.389 e. The van der Waals surface area contributed by atoms with E-state index in [-0.39, 0.29) is 29.0 Å². The highest BCUT2D eigenvalue weighted by atomic mass is 16.3. The number of fused-ring (bicyclic) bond motifs is 2. The third-order valence-corrected chi connectivity index (χ3v) is 7.80. The van der Waals surface area contributed by atoms with Crippen molar-refractivity contribution in [3.63, 3.8) is 0 Å². The molecule has 1 saturated carbocycles. The zero-order valence-corrected chi connectivity index (χ0v) is 18.1. The van der Waals surface area contributed by atoms with Crippen LogP contribution in [0.15, 0.2) is 34.9 Å². The lowest BCUT2D eigenvalue weighted by atomic mass is 9.62. The van der Waals surface area contributed by atoms with E-state index < -0.39 is 6.10 Å². The van der Waals surface area contributed by atoms with Crippen LogP contribution >= 0.6 is 0 Å². The molecule has 7 atom stereocenters. The van der Waals surface area contributed by atoms with Gasteiger partial charge in [0.1, 0.15) is 6.29 Å². The van der Waals surface area contributed by atoms with E-state index in [0.717, 1.165) is 44.0 Å². The first-order valence-corrected chi connectivity index (χ1v) is 10.9. The van der Waals surface area contributed by atoms with Crippen LogP contribution in [0.4, 0.5) is 0 Å². The van der Waals surface area contributed by atoms with Crippen molar-refractivity contribution in [3.8, 4) is 0 Å². The van der Waals surface area contributed by atoms with Crippen molar-refractivity contribution in [2.75, 3.05) is 0 Å². The number of carbonyl (C=O) groups is 2. The summed E-state index contributed by atoms with van der Waals surface area (Å²) in [6.45, 7) is 10.9. The van der Waals surface area contributed by atoms with Crippen molar-refractivity contribution in [1.29, 1.82) is 0 Å². The molecule has 1 fully saturated rings. The van der Waals surface area contributed by atoms with Gasteiger partial charge in [-0.2, -0.15) is 0 Å². The van der Waals surface area contributed by atoms with E-state index in [1.807, 2.05) is 6.92 Å². The normalized spacial score (nSPS) is 40.4. The Labute approximate surface area is 170 Å². The molecule has 0 unspecified atom stereocenters. The number of allylic oxidation sites excluding steroid dienone is 5. The largest absolute Gasteiger partial charge is 0.389 e. The molecule has 0 aromatic heterocycles. The topological polar surface area (TPSA) is 54.4 Å². The quantitative estimate of drug-likeness (QED) is 0.533. The van der Waals surface area contributed by atoms with Gasteiger partial charge in [0.25, 0.3) is 0 Å². The van der Waals surface area contributed by atoms with Gasteiger partial charge in [0.15, 0.2) is 5.78 Å². The van der Waals surface area contributed by atoms with E-state index >= 15 is 0 Å². The van der Waals surface area contributed by atoms with Crippen LogP contribution in [0.5, 0.6) is 0 Å². The van der Waals surface area contributed by atoms with Crippen LogP contribution in [-0.4, -0.2) is 23.3 Å². The van der Waals surface area contributed by atoms with Crippen molar-refractivity contribution in [2.45, 2.75) is 72.8 Å². The summed E-state index contributed by atoms with van der Waals surface area (Å²) in [4.78, 5) is 24.3. The number of ketones is 1. The highest BCUT2D eigenvalue weighted by Crippen LogP contribution is 2.58. The maximum Gasteiger partial charge on any atom is 0.163 e. The summed E-state index contributed by atoms with van der Waals surface area (Å²) in [5.74, 6) is 0.867. The van der Waals surface area contributed by atoms with Crippen LogP contribution in [0, 0.1) is 35.0 Å². The monoisotopic (exact) mass is 384 g/mol. The molecule has 0 aromatic carbocycles. The van der Waals surface area contributed by atoms with E-state index in [4.69, 9.17) is 0 Å². The van der Waals surface area contributed by atoms with Gasteiger partial charge in [-0.3, -0.25) is 9.59 Å². The number of carbonyl (C=O) groups excluding carboxylic acids is 2. The van der Waals surface area contributed by atoms with E-state index in [1.165, 1.54) is 5.57 Å². The van der Waals surface area contributed by atoms with Crippen molar-refractivity contribution in [1.82, 2.24) is 0 Å². The molecule has 0 bridgehead atoms. The molecule has 0 saturated heterocycles. The lowest BCUT2D eigenvalue weighted by molar-refractivity contribution is -0.119. The molecule has 0 spiro atoms. The van der Waals surface area contributed by atoms with Gasteiger partial charge in [0, 0.05) is 5.57 Å². The fourth-order valence-electron chi connectivity index (χ4n) is 6.33. The molecule has 3 nitrogen and oxygen atoms in total. The summed E-state index contributed by atoms with van der Waals surface area (Å²) in [7, 11) is 0. The van der Waals surface area contributed by atoms with Crippen LogP contribution in [0.1, 0.15) is 66.7 Å². The molecule has 3 rings (SSSR count). The summed E-state index contributed by atoms with van der Waals surface area (Å²) in [6.07, 6.45) is 11.2. The Morgan fingerprint density at radius 1 is 1.39 bits per heavy atom. The second-order valence-electron chi connectivity index (χ2n) is 10.1. The molecule has 3 heteroatoms. The second kappa shape index (κ2) is 8.10. The van der Waals surface area contributed by atoms with Crippen LogP contribution in [0.25, 0.3) is 0 Å². The lowest BCUT2D eigenvalue weighted by Gasteiger charge is -2.43. The zero-order valence-electron chi connectivity index (χ0n) is 18.1. The minimum absolute atomic E-state index is 0.00239. The highest BCUT2D eigenvalue weighted by molar-refractivity contribution is 6.01.